The van der Waals surface area contributed by atoms with Gasteiger partial charge in [0.05, 0.1) is 0 Å². The Morgan fingerprint density at radius 1 is 1.08 bits per heavy atom. The number of benzene rings is 1. The minimum absolute atomic E-state index is 1.07. The van der Waals surface area contributed by atoms with Gasteiger partial charge in [-0.2, -0.15) is 0 Å². The Bertz CT molecular complexity index is 243. The van der Waals surface area contributed by atoms with Crippen LogP contribution in [-0.2, 0) is 0 Å². The molecule has 0 aromatic heterocycles. The fourth-order valence-corrected chi connectivity index (χ4v) is 1.16. The summed E-state index contributed by atoms with van der Waals surface area (Å²) in [6.45, 7) is 6.49. The lowest BCUT2D eigenvalue weighted by molar-refractivity contribution is -0.515. The maximum atomic E-state index is 2.29. The lowest BCUT2D eigenvalue weighted by atomic mass is 10.2. The molecule has 1 heteroatoms. The van der Waals surface area contributed by atoms with Crippen molar-refractivity contribution in [3.63, 3.8) is 0 Å². The van der Waals surface area contributed by atoms with Crippen molar-refractivity contribution < 1.29 is 4.58 Å². The monoisotopic (exact) mass is 162 g/mol. The van der Waals surface area contributed by atoms with E-state index in [2.05, 4.69) is 48.9 Å². The maximum absolute atomic E-state index is 2.29. The average Bonchev–Trinajstić information content (AvgIpc) is 2.16. The summed E-state index contributed by atoms with van der Waals surface area (Å²) in [6.07, 6.45) is 2.19. The summed E-state index contributed by atoms with van der Waals surface area (Å²) in [5.41, 5.74) is 1.28. The van der Waals surface area contributed by atoms with Gasteiger partial charge in [0.2, 0.25) is 0 Å². The number of rotatable bonds is 3. The molecule has 0 radical (unpaired) electrons. The Hall–Kier alpha value is -1.11. The van der Waals surface area contributed by atoms with Gasteiger partial charge in [-0.05, 0) is 26.0 Å². The van der Waals surface area contributed by atoms with E-state index in [1.165, 1.54) is 5.56 Å². The molecule has 1 nitrogen and oxygen atoms in total. The van der Waals surface area contributed by atoms with Gasteiger partial charge < -0.3 is 0 Å². The van der Waals surface area contributed by atoms with Gasteiger partial charge in [0.25, 0.3) is 0 Å². The lowest BCUT2D eigenvalue weighted by Crippen LogP contribution is -2.12. The van der Waals surface area contributed by atoms with Gasteiger partial charge in [0, 0.05) is 5.56 Å². The number of nitrogens with zero attached hydrogens (tertiary/aromatic N) is 1. The van der Waals surface area contributed by atoms with Crippen LogP contribution in [0.4, 0.5) is 0 Å². The van der Waals surface area contributed by atoms with Crippen molar-refractivity contribution in [2.24, 2.45) is 0 Å². The van der Waals surface area contributed by atoms with E-state index in [-0.39, 0.29) is 0 Å². The Kier molecular flexibility index (Phi) is 3.52. The molecule has 1 aromatic carbocycles. The van der Waals surface area contributed by atoms with Gasteiger partial charge in [0.15, 0.2) is 6.21 Å². The van der Waals surface area contributed by atoms with E-state index in [0.717, 1.165) is 13.1 Å². The van der Waals surface area contributed by atoms with Crippen LogP contribution in [0.15, 0.2) is 30.3 Å². The van der Waals surface area contributed by atoms with Crippen molar-refractivity contribution in [2.75, 3.05) is 13.1 Å². The first-order valence-corrected chi connectivity index (χ1v) is 4.50. The first-order chi connectivity index (χ1) is 5.86. The van der Waals surface area contributed by atoms with Crippen molar-refractivity contribution in [1.82, 2.24) is 0 Å². The van der Waals surface area contributed by atoms with E-state index in [9.17, 15) is 0 Å². The Balaban J connectivity index is 2.79. The van der Waals surface area contributed by atoms with Gasteiger partial charge in [-0.25, -0.2) is 4.58 Å². The van der Waals surface area contributed by atoms with Crippen LogP contribution in [0, 0.1) is 0 Å². The van der Waals surface area contributed by atoms with E-state index in [1.807, 2.05) is 6.07 Å². The van der Waals surface area contributed by atoms with Crippen LogP contribution in [-0.4, -0.2) is 23.9 Å². The zero-order chi connectivity index (χ0) is 8.81. The second-order valence-corrected chi connectivity index (χ2v) is 2.76. The highest BCUT2D eigenvalue weighted by Gasteiger charge is 1.95. The van der Waals surface area contributed by atoms with E-state index in [1.54, 1.807) is 0 Å². The summed E-state index contributed by atoms with van der Waals surface area (Å²) in [4.78, 5) is 0. The zero-order valence-electron chi connectivity index (χ0n) is 7.83. The quantitative estimate of drug-likeness (QED) is 0.473. The molecule has 1 aromatic rings. The third kappa shape index (κ3) is 2.50. The number of hydrogen-bond donors (Lipinski definition) is 0. The summed E-state index contributed by atoms with van der Waals surface area (Å²) in [6, 6.07) is 10.4. The van der Waals surface area contributed by atoms with Gasteiger partial charge in [-0.1, -0.05) is 18.2 Å². The Morgan fingerprint density at radius 2 is 1.67 bits per heavy atom. The normalized spacial score (nSPS) is 9.50. The standard InChI is InChI=1S/C11H16N/c1-3-12(4-2)10-11-8-6-5-7-9-11/h5-10H,3-4H2,1-2H3/q+1. The molecule has 0 amide bonds. The highest BCUT2D eigenvalue weighted by atomic mass is 15.0. The molecule has 0 saturated carbocycles. The smallest absolute Gasteiger partial charge is 0.170 e. The van der Waals surface area contributed by atoms with Crippen LogP contribution in [0.1, 0.15) is 19.4 Å². The van der Waals surface area contributed by atoms with Crippen molar-refractivity contribution in [3.05, 3.63) is 35.9 Å². The van der Waals surface area contributed by atoms with Crippen molar-refractivity contribution in [3.8, 4) is 0 Å². The average molecular weight is 162 g/mol. The molecular formula is C11H16N+. The van der Waals surface area contributed by atoms with Crippen LogP contribution >= 0.6 is 0 Å². The predicted octanol–water partition coefficient (Wildman–Crippen LogP) is 2.16. The Morgan fingerprint density at radius 3 is 2.17 bits per heavy atom. The molecule has 0 saturated heterocycles. The highest BCUT2D eigenvalue weighted by Crippen LogP contribution is 1.93. The minimum atomic E-state index is 1.07. The first-order valence-electron chi connectivity index (χ1n) is 4.50. The van der Waals surface area contributed by atoms with Crippen molar-refractivity contribution >= 4 is 6.21 Å². The first kappa shape index (κ1) is 8.98. The van der Waals surface area contributed by atoms with Gasteiger partial charge in [-0.15, -0.1) is 0 Å². The van der Waals surface area contributed by atoms with E-state index in [0.29, 0.717) is 0 Å². The molecule has 12 heavy (non-hydrogen) atoms. The third-order valence-electron chi connectivity index (χ3n) is 1.94. The maximum Gasteiger partial charge on any atom is 0.170 e. The fourth-order valence-electron chi connectivity index (χ4n) is 1.16. The molecule has 0 fully saturated rings. The van der Waals surface area contributed by atoms with E-state index >= 15 is 0 Å². The summed E-state index contributed by atoms with van der Waals surface area (Å²) < 4.78 is 2.29. The van der Waals surface area contributed by atoms with Gasteiger partial charge in [0.1, 0.15) is 13.1 Å². The summed E-state index contributed by atoms with van der Waals surface area (Å²) in [5.74, 6) is 0. The third-order valence-corrected chi connectivity index (χ3v) is 1.94. The molecule has 0 N–H and O–H groups in total. The fraction of sp³-hybridized carbons (Fsp3) is 0.364. The van der Waals surface area contributed by atoms with E-state index in [4.69, 9.17) is 0 Å². The minimum Gasteiger partial charge on any atom is -0.236 e. The largest absolute Gasteiger partial charge is 0.236 e. The van der Waals surface area contributed by atoms with Crippen LogP contribution in [0.25, 0.3) is 0 Å². The van der Waals surface area contributed by atoms with Crippen LogP contribution in [0.3, 0.4) is 0 Å². The topological polar surface area (TPSA) is 3.01 Å². The van der Waals surface area contributed by atoms with E-state index < -0.39 is 0 Å². The highest BCUT2D eigenvalue weighted by molar-refractivity contribution is 5.75. The molecule has 0 unspecified atom stereocenters. The van der Waals surface area contributed by atoms with Crippen LogP contribution < -0.4 is 0 Å². The summed E-state index contributed by atoms with van der Waals surface area (Å²) >= 11 is 0. The Labute approximate surface area is 74.4 Å². The molecule has 64 valence electrons. The molecule has 0 aliphatic carbocycles. The second-order valence-electron chi connectivity index (χ2n) is 2.76. The molecule has 0 atom stereocenters. The second kappa shape index (κ2) is 4.70. The molecule has 0 bridgehead atoms. The molecule has 0 aliphatic heterocycles. The van der Waals surface area contributed by atoms with Crippen LogP contribution in [0.5, 0.6) is 0 Å². The molecule has 0 aliphatic rings. The van der Waals surface area contributed by atoms with Crippen molar-refractivity contribution in [1.29, 1.82) is 0 Å². The van der Waals surface area contributed by atoms with Crippen molar-refractivity contribution in [2.45, 2.75) is 13.8 Å². The SMILES string of the molecule is CC[N+](=Cc1ccccc1)CC. The predicted molar refractivity (Wildman–Crippen MR) is 53.0 cm³/mol. The molecular weight excluding hydrogens is 146 g/mol. The summed E-state index contributed by atoms with van der Waals surface area (Å²) in [7, 11) is 0. The summed E-state index contributed by atoms with van der Waals surface area (Å²) in [5, 5.41) is 0. The van der Waals surface area contributed by atoms with Crippen LogP contribution in [0.2, 0.25) is 0 Å². The lowest BCUT2D eigenvalue weighted by Gasteiger charge is -1.95. The molecule has 0 spiro atoms. The zero-order valence-corrected chi connectivity index (χ0v) is 7.83. The van der Waals surface area contributed by atoms with Gasteiger partial charge in [-0.3, -0.25) is 0 Å². The van der Waals surface area contributed by atoms with Gasteiger partial charge >= 0.3 is 0 Å². The number of hydrogen-bond acceptors (Lipinski definition) is 0. The molecule has 0 heterocycles. The molecule has 1 rings (SSSR count).